The van der Waals surface area contributed by atoms with E-state index in [-0.39, 0.29) is 5.75 Å². The van der Waals surface area contributed by atoms with E-state index in [1.807, 2.05) is 6.07 Å². The summed E-state index contributed by atoms with van der Waals surface area (Å²) in [5.74, 6) is -1.98. The summed E-state index contributed by atoms with van der Waals surface area (Å²) in [6.45, 7) is -0.615. The van der Waals surface area contributed by atoms with E-state index in [2.05, 4.69) is 17.4 Å². The largest absolute Gasteiger partial charge is 0.479 e. The molecule has 0 aliphatic heterocycles. The van der Waals surface area contributed by atoms with Crippen LogP contribution >= 0.6 is 12.6 Å². The zero-order valence-electron chi connectivity index (χ0n) is 8.50. The van der Waals surface area contributed by atoms with Gasteiger partial charge in [0.05, 0.1) is 5.92 Å². The molecule has 0 aromatic heterocycles. The van der Waals surface area contributed by atoms with Crippen molar-refractivity contribution in [3.8, 4) is 0 Å². The van der Waals surface area contributed by atoms with Gasteiger partial charge in [-0.3, -0.25) is 4.79 Å². The highest BCUT2D eigenvalue weighted by molar-refractivity contribution is 7.80. The summed E-state index contributed by atoms with van der Waals surface area (Å²) in [6, 6.07) is 9.00. The fourth-order valence-corrected chi connectivity index (χ4v) is 1.59. The molecule has 0 amide bonds. The number of hydrogen-bond donors (Lipinski definition) is 2. The Balaban J connectivity index is 2.68. The molecule has 86 valence electrons. The maximum Gasteiger partial charge on any atom is 0.341 e. The zero-order valence-corrected chi connectivity index (χ0v) is 9.39. The van der Waals surface area contributed by atoms with Crippen LogP contribution < -0.4 is 0 Å². The fourth-order valence-electron chi connectivity index (χ4n) is 1.23. The summed E-state index contributed by atoms with van der Waals surface area (Å²) in [4.78, 5) is 21.8. The van der Waals surface area contributed by atoms with Crippen LogP contribution in [0.2, 0.25) is 0 Å². The minimum Gasteiger partial charge on any atom is -0.479 e. The molecule has 0 fully saturated rings. The summed E-state index contributed by atoms with van der Waals surface area (Å²) in [5, 5.41) is 8.39. The van der Waals surface area contributed by atoms with E-state index in [9.17, 15) is 9.59 Å². The van der Waals surface area contributed by atoms with Gasteiger partial charge in [0, 0.05) is 5.75 Å². The second-order valence-corrected chi connectivity index (χ2v) is 3.51. The average Bonchev–Trinajstić information content (AvgIpc) is 2.29. The maximum atomic E-state index is 11.5. The Morgan fingerprint density at radius 2 is 1.94 bits per heavy atom. The molecule has 0 bridgehead atoms. The maximum absolute atomic E-state index is 11.5. The number of carbonyl (C=O) groups is 2. The highest BCUT2D eigenvalue weighted by Gasteiger charge is 2.21. The molecule has 4 nitrogen and oxygen atoms in total. The van der Waals surface area contributed by atoms with E-state index < -0.39 is 24.5 Å². The van der Waals surface area contributed by atoms with Gasteiger partial charge in [-0.15, -0.1) is 0 Å². The van der Waals surface area contributed by atoms with Crippen LogP contribution in [0.5, 0.6) is 0 Å². The van der Waals surface area contributed by atoms with E-state index in [1.165, 1.54) is 0 Å². The van der Waals surface area contributed by atoms with Gasteiger partial charge in [0.15, 0.2) is 6.61 Å². The molecule has 16 heavy (non-hydrogen) atoms. The van der Waals surface area contributed by atoms with E-state index in [0.717, 1.165) is 5.56 Å². The Morgan fingerprint density at radius 3 is 2.44 bits per heavy atom. The molecule has 1 aromatic rings. The molecule has 0 aliphatic rings. The molecule has 0 saturated carbocycles. The van der Waals surface area contributed by atoms with Crippen molar-refractivity contribution in [2.75, 3.05) is 12.4 Å². The van der Waals surface area contributed by atoms with Gasteiger partial charge < -0.3 is 9.84 Å². The first-order valence-corrected chi connectivity index (χ1v) is 5.32. The van der Waals surface area contributed by atoms with Crippen LogP contribution in [0, 0.1) is 0 Å². The van der Waals surface area contributed by atoms with Gasteiger partial charge in [0.1, 0.15) is 0 Å². The highest BCUT2D eigenvalue weighted by atomic mass is 32.1. The SMILES string of the molecule is O=C(O)COC(=O)C(CS)c1ccccc1. The van der Waals surface area contributed by atoms with Gasteiger partial charge in [-0.2, -0.15) is 12.6 Å². The second-order valence-electron chi connectivity index (χ2n) is 3.15. The van der Waals surface area contributed by atoms with E-state index in [4.69, 9.17) is 5.11 Å². The van der Waals surface area contributed by atoms with Gasteiger partial charge in [-0.25, -0.2) is 4.79 Å². The van der Waals surface area contributed by atoms with Crippen molar-refractivity contribution < 1.29 is 19.4 Å². The summed E-state index contributed by atoms with van der Waals surface area (Å²) in [5.41, 5.74) is 0.771. The number of benzene rings is 1. The molecule has 5 heteroatoms. The first-order chi connectivity index (χ1) is 7.65. The number of esters is 1. The lowest BCUT2D eigenvalue weighted by atomic mass is 10.0. The molecular formula is C11H12O4S. The summed E-state index contributed by atoms with van der Waals surface area (Å²) >= 11 is 4.06. The number of carboxylic acids is 1. The van der Waals surface area contributed by atoms with Crippen molar-refractivity contribution in [2.45, 2.75) is 5.92 Å². The van der Waals surface area contributed by atoms with Gasteiger partial charge in [-0.05, 0) is 5.56 Å². The van der Waals surface area contributed by atoms with Gasteiger partial charge >= 0.3 is 11.9 Å². The van der Waals surface area contributed by atoms with Crippen molar-refractivity contribution in [3.05, 3.63) is 35.9 Å². The van der Waals surface area contributed by atoms with Crippen molar-refractivity contribution in [2.24, 2.45) is 0 Å². The average molecular weight is 240 g/mol. The Labute approximate surface area is 98.6 Å². The van der Waals surface area contributed by atoms with Gasteiger partial charge in [-0.1, -0.05) is 30.3 Å². The van der Waals surface area contributed by atoms with E-state index in [0.29, 0.717) is 0 Å². The van der Waals surface area contributed by atoms with Crippen LogP contribution in [0.25, 0.3) is 0 Å². The molecular weight excluding hydrogens is 228 g/mol. The third kappa shape index (κ3) is 3.58. The predicted octanol–water partition coefficient (Wildman–Crippen LogP) is 1.33. The minimum absolute atomic E-state index is 0.280. The van der Waals surface area contributed by atoms with Crippen LogP contribution in [-0.2, 0) is 14.3 Å². The molecule has 1 N–H and O–H groups in total. The standard InChI is InChI=1S/C11H12O4S/c12-10(13)6-15-11(14)9(7-16)8-4-2-1-3-5-8/h1-5,9,16H,6-7H2,(H,12,13). The third-order valence-electron chi connectivity index (χ3n) is 2.01. The minimum atomic E-state index is -1.17. The van der Waals surface area contributed by atoms with Gasteiger partial charge in [0.2, 0.25) is 0 Å². The number of hydrogen-bond acceptors (Lipinski definition) is 4. The zero-order chi connectivity index (χ0) is 12.0. The lowest BCUT2D eigenvalue weighted by molar-refractivity contribution is -0.155. The van der Waals surface area contributed by atoms with Crippen LogP contribution in [-0.4, -0.2) is 29.4 Å². The van der Waals surface area contributed by atoms with Crippen molar-refractivity contribution >= 4 is 24.6 Å². The van der Waals surface area contributed by atoms with Crippen LogP contribution in [0.15, 0.2) is 30.3 Å². The van der Waals surface area contributed by atoms with Crippen molar-refractivity contribution in [1.29, 1.82) is 0 Å². The molecule has 0 aliphatic carbocycles. The van der Waals surface area contributed by atoms with E-state index >= 15 is 0 Å². The number of rotatable bonds is 5. The summed E-state index contributed by atoms with van der Waals surface area (Å²) in [7, 11) is 0. The van der Waals surface area contributed by atoms with Crippen molar-refractivity contribution in [3.63, 3.8) is 0 Å². The topological polar surface area (TPSA) is 63.6 Å². The Bertz CT molecular complexity index is 364. The molecule has 0 radical (unpaired) electrons. The molecule has 0 spiro atoms. The third-order valence-corrected chi connectivity index (χ3v) is 2.37. The Hall–Kier alpha value is -1.49. The monoisotopic (exact) mass is 240 g/mol. The van der Waals surface area contributed by atoms with Crippen molar-refractivity contribution in [1.82, 2.24) is 0 Å². The Kier molecular flexibility index (Phi) is 4.85. The number of carbonyl (C=O) groups excluding carboxylic acids is 1. The molecule has 1 rings (SSSR count). The quantitative estimate of drug-likeness (QED) is 0.602. The smallest absolute Gasteiger partial charge is 0.341 e. The summed E-state index contributed by atoms with van der Waals surface area (Å²) < 4.78 is 4.62. The lowest BCUT2D eigenvalue weighted by Crippen LogP contribution is -2.20. The van der Waals surface area contributed by atoms with Crippen LogP contribution in [0.4, 0.5) is 0 Å². The number of thiol groups is 1. The number of ether oxygens (including phenoxy) is 1. The van der Waals surface area contributed by atoms with Crippen LogP contribution in [0.3, 0.4) is 0 Å². The lowest BCUT2D eigenvalue weighted by Gasteiger charge is -2.12. The summed E-state index contributed by atoms with van der Waals surface area (Å²) in [6.07, 6.45) is 0. The van der Waals surface area contributed by atoms with Crippen LogP contribution in [0.1, 0.15) is 11.5 Å². The normalized spacial score (nSPS) is 11.8. The molecule has 1 aromatic carbocycles. The molecule has 0 heterocycles. The predicted molar refractivity (Wildman–Crippen MR) is 61.6 cm³/mol. The Morgan fingerprint density at radius 1 is 1.31 bits per heavy atom. The number of aliphatic carboxylic acids is 1. The fraction of sp³-hybridized carbons (Fsp3) is 0.273. The first kappa shape index (κ1) is 12.6. The second kappa shape index (κ2) is 6.17. The molecule has 0 saturated heterocycles. The molecule has 1 atom stereocenters. The van der Waals surface area contributed by atoms with Gasteiger partial charge in [0.25, 0.3) is 0 Å². The number of carboxylic acid groups (broad SMARTS) is 1. The highest BCUT2D eigenvalue weighted by Crippen LogP contribution is 2.18. The first-order valence-electron chi connectivity index (χ1n) is 4.69. The molecule has 1 unspecified atom stereocenters. The van der Waals surface area contributed by atoms with E-state index in [1.54, 1.807) is 24.3 Å².